The van der Waals surface area contributed by atoms with Crippen LogP contribution in [0.25, 0.3) is 22.9 Å². The second-order valence-corrected chi connectivity index (χ2v) is 4.31. The molecule has 1 nitrogen and oxygen atoms in total. The van der Waals surface area contributed by atoms with Crippen LogP contribution in [0, 0.1) is 5.82 Å². The lowest BCUT2D eigenvalue weighted by Gasteiger charge is -2.00. The van der Waals surface area contributed by atoms with Crippen molar-refractivity contribution >= 4 is 22.9 Å². The minimum absolute atomic E-state index is 0.229. The highest BCUT2D eigenvalue weighted by Crippen LogP contribution is 2.18. The molecule has 0 aliphatic rings. The molecule has 0 spiro atoms. The number of fused-ring (bicyclic) bond motifs is 1. The van der Waals surface area contributed by atoms with E-state index < -0.39 is 0 Å². The Bertz CT molecular complexity index is 742. The molecule has 2 aromatic carbocycles. The van der Waals surface area contributed by atoms with Gasteiger partial charge >= 0.3 is 0 Å². The molecule has 3 aromatic rings. The molecule has 1 heterocycles. The van der Waals surface area contributed by atoms with Crippen LogP contribution >= 0.6 is 0 Å². The van der Waals surface area contributed by atoms with Crippen molar-refractivity contribution in [1.29, 1.82) is 0 Å². The molecule has 92 valence electrons. The van der Waals surface area contributed by atoms with Crippen LogP contribution in [0.4, 0.5) is 4.39 Å². The van der Waals surface area contributed by atoms with Gasteiger partial charge in [0.1, 0.15) is 5.82 Å². The molecule has 0 atom stereocenters. The number of hydrogen-bond acceptors (Lipinski definition) is 1. The van der Waals surface area contributed by atoms with Crippen LogP contribution in [0.5, 0.6) is 0 Å². The van der Waals surface area contributed by atoms with E-state index >= 15 is 0 Å². The highest BCUT2D eigenvalue weighted by molar-refractivity contribution is 5.90. The van der Waals surface area contributed by atoms with Crippen molar-refractivity contribution < 1.29 is 4.39 Å². The lowest BCUT2D eigenvalue weighted by Crippen LogP contribution is -1.83. The molecule has 0 saturated heterocycles. The average Bonchev–Trinajstić information content (AvgIpc) is 2.45. The number of rotatable bonds is 2. The molecule has 0 fully saturated rings. The lowest BCUT2D eigenvalue weighted by molar-refractivity contribution is 0.627. The molecule has 0 bridgehead atoms. The summed E-state index contributed by atoms with van der Waals surface area (Å²) in [7, 11) is 0. The summed E-state index contributed by atoms with van der Waals surface area (Å²) in [5, 5.41) is 2.24. The molecule has 0 amide bonds. The zero-order valence-electron chi connectivity index (χ0n) is 10.3. The first kappa shape index (κ1) is 11.6. The third kappa shape index (κ3) is 2.52. The molecule has 2 heteroatoms. The molecule has 0 aliphatic carbocycles. The number of nitrogens with zero attached hydrogens (tertiary/aromatic N) is 1. The maximum atomic E-state index is 13.1. The van der Waals surface area contributed by atoms with Gasteiger partial charge in [0.15, 0.2) is 0 Å². The molecule has 0 saturated carbocycles. The number of pyridine rings is 1. The minimum Gasteiger partial charge on any atom is -0.256 e. The Labute approximate surface area is 111 Å². The Morgan fingerprint density at radius 3 is 2.68 bits per heavy atom. The fraction of sp³-hybridized carbons (Fsp3) is 0. The maximum absolute atomic E-state index is 13.1. The number of hydrogen-bond donors (Lipinski definition) is 0. The summed E-state index contributed by atoms with van der Waals surface area (Å²) in [5.74, 6) is -0.229. The first-order valence-electron chi connectivity index (χ1n) is 6.10. The van der Waals surface area contributed by atoms with Crippen LogP contribution in [-0.2, 0) is 0 Å². The standard InChI is InChI=1S/C17H12FN/c18-15-6-3-4-13(12-15)8-9-17-16-7-2-1-5-14(16)10-11-19-17/h1-12H/b9-8+. The Morgan fingerprint density at radius 1 is 0.895 bits per heavy atom. The predicted octanol–water partition coefficient (Wildman–Crippen LogP) is 4.54. The van der Waals surface area contributed by atoms with E-state index in [1.165, 1.54) is 12.1 Å². The Balaban J connectivity index is 2.02. The van der Waals surface area contributed by atoms with Gasteiger partial charge in [-0.3, -0.25) is 4.98 Å². The summed E-state index contributed by atoms with van der Waals surface area (Å²) in [6.45, 7) is 0. The Hall–Kier alpha value is -2.48. The SMILES string of the molecule is Fc1cccc(/C=C/c2nccc3ccccc23)c1. The van der Waals surface area contributed by atoms with Gasteiger partial charge in [0.25, 0.3) is 0 Å². The minimum atomic E-state index is -0.229. The number of halogens is 1. The van der Waals surface area contributed by atoms with Crippen molar-refractivity contribution in [3.63, 3.8) is 0 Å². The van der Waals surface area contributed by atoms with Crippen molar-refractivity contribution in [2.24, 2.45) is 0 Å². The molecule has 3 rings (SSSR count). The van der Waals surface area contributed by atoms with Crippen molar-refractivity contribution in [2.45, 2.75) is 0 Å². The molecule has 1 aromatic heterocycles. The van der Waals surface area contributed by atoms with E-state index in [2.05, 4.69) is 11.1 Å². The van der Waals surface area contributed by atoms with Gasteiger partial charge in [-0.2, -0.15) is 0 Å². The van der Waals surface area contributed by atoms with Crippen molar-refractivity contribution in [2.75, 3.05) is 0 Å². The third-order valence-corrected chi connectivity index (χ3v) is 2.99. The van der Waals surface area contributed by atoms with Crippen LogP contribution in [-0.4, -0.2) is 4.98 Å². The van der Waals surface area contributed by atoms with E-state index in [1.54, 1.807) is 12.3 Å². The normalized spacial score (nSPS) is 11.2. The molecule has 0 unspecified atom stereocenters. The molecular weight excluding hydrogens is 237 g/mol. The first-order chi connectivity index (χ1) is 9.33. The van der Waals surface area contributed by atoms with Gasteiger partial charge in [0.05, 0.1) is 5.69 Å². The lowest BCUT2D eigenvalue weighted by atomic mass is 10.1. The number of aromatic nitrogens is 1. The van der Waals surface area contributed by atoms with Crippen LogP contribution in [0.15, 0.2) is 60.8 Å². The third-order valence-electron chi connectivity index (χ3n) is 2.99. The second kappa shape index (κ2) is 5.02. The summed E-state index contributed by atoms with van der Waals surface area (Å²) < 4.78 is 13.1. The van der Waals surface area contributed by atoms with Gasteiger partial charge in [-0.05, 0) is 35.2 Å². The molecule has 0 aliphatic heterocycles. The van der Waals surface area contributed by atoms with E-state index in [0.29, 0.717) is 0 Å². The van der Waals surface area contributed by atoms with Crippen molar-refractivity contribution in [3.05, 3.63) is 77.9 Å². The summed E-state index contributed by atoms with van der Waals surface area (Å²) >= 11 is 0. The summed E-state index contributed by atoms with van der Waals surface area (Å²) in [4.78, 5) is 4.36. The maximum Gasteiger partial charge on any atom is 0.123 e. The van der Waals surface area contributed by atoms with Crippen LogP contribution < -0.4 is 0 Å². The topological polar surface area (TPSA) is 12.9 Å². The smallest absolute Gasteiger partial charge is 0.123 e. The van der Waals surface area contributed by atoms with E-state index in [9.17, 15) is 4.39 Å². The average molecular weight is 249 g/mol. The molecule has 0 N–H and O–H groups in total. The van der Waals surface area contributed by atoms with Gasteiger partial charge in [0.2, 0.25) is 0 Å². The van der Waals surface area contributed by atoms with Crippen LogP contribution in [0.2, 0.25) is 0 Å². The van der Waals surface area contributed by atoms with Crippen molar-refractivity contribution in [3.8, 4) is 0 Å². The van der Waals surface area contributed by atoms with Gasteiger partial charge in [-0.15, -0.1) is 0 Å². The second-order valence-electron chi connectivity index (χ2n) is 4.31. The zero-order valence-corrected chi connectivity index (χ0v) is 10.3. The molecule has 0 radical (unpaired) electrons. The fourth-order valence-electron chi connectivity index (χ4n) is 2.06. The van der Waals surface area contributed by atoms with E-state index in [0.717, 1.165) is 22.0 Å². The van der Waals surface area contributed by atoms with Gasteiger partial charge in [0, 0.05) is 11.6 Å². The van der Waals surface area contributed by atoms with Gasteiger partial charge < -0.3 is 0 Å². The zero-order chi connectivity index (χ0) is 13.1. The fourth-order valence-corrected chi connectivity index (χ4v) is 2.06. The quantitative estimate of drug-likeness (QED) is 0.649. The van der Waals surface area contributed by atoms with Crippen molar-refractivity contribution in [1.82, 2.24) is 4.98 Å². The highest BCUT2D eigenvalue weighted by Gasteiger charge is 1.98. The summed E-state index contributed by atoms with van der Waals surface area (Å²) in [6, 6.07) is 16.6. The monoisotopic (exact) mass is 249 g/mol. The summed E-state index contributed by atoms with van der Waals surface area (Å²) in [6.07, 6.45) is 5.57. The molecular formula is C17H12FN. The highest BCUT2D eigenvalue weighted by atomic mass is 19.1. The van der Waals surface area contributed by atoms with E-state index in [1.807, 2.05) is 42.5 Å². The first-order valence-corrected chi connectivity index (χ1v) is 6.10. The van der Waals surface area contributed by atoms with Crippen LogP contribution in [0.3, 0.4) is 0 Å². The van der Waals surface area contributed by atoms with Gasteiger partial charge in [-0.1, -0.05) is 42.5 Å². The van der Waals surface area contributed by atoms with E-state index in [-0.39, 0.29) is 5.82 Å². The van der Waals surface area contributed by atoms with Gasteiger partial charge in [-0.25, -0.2) is 4.39 Å². The number of benzene rings is 2. The Kier molecular flexibility index (Phi) is 3.07. The van der Waals surface area contributed by atoms with E-state index in [4.69, 9.17) is 0 Å². The largest absolute Gasteiger partial charge is 0.256 e. The molecule has 19 heavy (non-hydrogen) atoms. The predicted molar refractivity (Wildman–Crippen MR) is 77.1 cm³/mol. The van der Waals surface area contributed by atoms with Crippen LogP contribution in [0.1, 0.15) is 11.3 Å². The Morgan fingerprint density at radius 2 is 1.79 bits per heavy atom. The summed E-state index contributed by atoms with van der Waals surface area (Å²) in [5.41, 5.74) is 1.72.